The molecule has 1 fully saturated rings. The molecule has 0 aromatic heterocycles. The topological polar surface area (TPSA) is 71.6 Å². The zero-order valence-corrected chi connectivity index (χ0v) is 7.95. The summed E-state index contributed by atoms with van der Waals surface area (Å²) in [6.07, 6.45) is 0.857. The number of methoxy groups -OCH3 is 1. The fraction of sp³-hybridized carbons (Fsp3) is 0.875. The Bertz CT molecular complexity index is 175. The molecule has 1 aliphatic heterocycles. The third-order valence-electron chi connectivity index (χ3n) is 2.19. The van der Waals surface area contributed by atoms with E-state index in [9.17, 15) is 0 Å². The molecule has 0 radical (unpaired) electrons. The molecule has 1 unspecified atom stereocenters. The van der Waals surface area contributed by atoms with Gasteiger partial charge in [-0.15, -0.1) is 0 Å². The van der Waals surface area contributed by atoms with Crippen LogP contribution >= 0.6 is 0 Å². The summed E-state index contributed by atoms with van der Waals surface area (Å²) in [5.74, 6) is 0.129. The Hall–Kier alpha value is -0.810. The van der Waals surface area contributed by atoms with Crippen molar-refractivity contribution in [3.8, 4) is 0 Å². The summed E-state index contributed by atoms with van der Waals surface area (Å²) in [5, 5.41) is 7.36. The van der Waals surface area contributed by atoms with Gasteiger partial charge < -0.3 is 20.1 Å². The van der Waals surface area contributed by atoms with E-state index in [4.69, 9.17) is 20.6 Å². The Morgan fingerprint density at radius 2 is 2.54 bits per heavy atom. The number of nitrogens with one attached hydrogen (secondary N) is 1. The molecule has 1 heterocycles. The van der Waals surface area contributed by atoms with E-state index in [0.29, 0.717) is 26.4 Å². The van der Waals surface area contributed by atoms with Gasteiger partial charge in [0.1, 0.15) is 0 Å². The van der Waals surface area contributed by atoms with E-state index >= 15 is 0 Å². The van der Waals surface area contributed by atoms with Crippen molar-refractivity contribution >= 4 is 5.96 Å². The van der Waals surface area contributed by atoms with Gasteiger partial charge in [-0.25, -0.2) is 0 Å². The summed E-state index contributed by atoms with van der Waals surface area (Å²) in [4.78, 5) is 1.86. The van der Waals surface area contributed by atoms with Crippen LogP contribution in [0, 0.1) is 5.41 Å². The molecule has 0 aliphatic carbocycles. The molecular formula is C8H17N3O2. The van der Waals surface area contributed by atoms with E-state index in [1.165, 1.54) is 0 Å². The molecule has 0 aromatic carbocycles. The highest BCUT2D eigenvalue weighted by Gasteiger charge is 2.23. The smallest absolute Gasteiger partial charge is 0.188 e. The summed E-state index contributed by atoms with van der Waals surface area (Å²) in [5.41, 5.74) is 5.44. The van der Waals surface area contributed by atoms with E-state index in [0.717, 1.165) is 6.42 Å². The van der Waals surface area contributed by atoms with Crippen molar-refractivity contribution in [2.75, 3.05) is 33.5 Å². The SMILES string of the molecule is COCCC1COCCN1C(=N)N. The number of guanidine groups is 1. The van der Waals surface area contributed by atoms with Crippen LogP contribution in [0.1, 0.15) is 6.42 Å². The molecule has 1 atom stereocenters. The maximum atomic E-state index is 7.36. The summed E-state index contributed by atoms with van der Waals surface area (Å²) in [7, 11) is 1.67. The third-order valence-corrected chi connectivity index (χ3v) is 2.19. The van der Waals surface area contributed by atoms with E-state index in [-0.39, 0.29) is 12.0 Å². The standard InChI is InChI=1S/C8H17N3O2/c1-12-4-2-7-6-13-5-3-11(7)8(9)10/h7H,2-6H2,1H3,(H3,9,10). The highest BCUT2D eigenvalue weighted by atomic mass is 16.5. The highest BCUT2D eigenvalue weighted by molar-refractivity contribution is 5.75. The zero-order chi connectivity index (χ0) is 9.68. The first-order valence-corrected chi connectivity index (χ1v) is 4.43. The van der Waals surface area contributed by atoms with Crippen LogP contribution < -0.4 is 5.73 Å². The van der Waals surface area contributed by atoms with E-state index in [2.05, 4.69) is 0 Å². The maximum absolute atomic E-state index is 7.36. The van der Waals surface area contributed by atoms with Crippen LogP contribution in [0.3, 0.4) is 0 Å². The van der Waals surface area contributed by atoms with E-state index in [1.807, 2.05) is 4.90 Å². The van der Waals surface area contributed by atoms with Gasteiger partial charge in [0.15, 0.2) is 5.96 Å². The minimum absolute atomic E-state index is 0.129. The van der Waals surface area contributed by atoms with Crippen molar-refractivity contribution in [1.82, 2.24) is 4.90 Å². The molecule has 0 saturated carbocycles. The van der Waals surface area contributed by atoms with Crippen LogP contribution in [-0.4, -0.2) is 50.4 Å². The molecular weight excluding hydrogens is 170 g/mol. The second-order valence-electron chi connectivity index (χ2n) is 3.09. The molecule has 1 rings (SSSR count). The van der Waals surface area contributed by atoms with Crippen molar-refractivity contribution in [1.29, 1.82) is 5.41 Å². The fourth-order valence-electron chi connectivity index (χ4n) is 1.47. The summed E-state index contributed by atoms with van der Waals surface area (Å²) < 4.78 is 10.3. The molecule has 0 spiro atoms. The largest absolute Gasteiger partial charge is 0.385 e. The van der Waals surface area contributed by atoms with Gasteiger partial charge in [0, 0.05) is 20.3 Å². The maximum Gasteiger partial charge on any atom is 0.188 e. The summed E-state index contributed by atoms with van der Waals surface area (Å²) in [6.45, 7) is 2.69. The molecule has 1 saturated heterocycles. The van der Waals surface area contributed by atoms with Crippen LogP contribution in [0.2, 0.25) is 0 Å². The Kier molecular flexibility index (Phi) is 3.98. The number of ether oxygens (including phenoxy) is 2. The van der Waals surface area contributed by atoms with Crippen LogP contribution in [-0.2, 0) is 9.47 Å². The van der Waals surface area contributed by atoms with E-state index in [1.54, 1.807) is 7.11 Å². The molecule has 3 N–H and O–H groups in total. The number of nitrogens with zero attached hydrogens (tertiary/aromatic N) is 1. The Labute approximate surface area is 78.3 Å². The van der Waals surface area contributed by atoms with Crippen molar-refractivity contribution < 1.29 is 9.47 Å². The van der Waals surface area contributed by atoms with Gasteiger partial charge in [-0.05, 0) is 6.42 Å². The van der Waals surface area contributed by atoms with E-state index < -0.39 is 0 Å². The lowest BCUT2D eigenvalue weighted by Gasteiger charge is -2.35. The predicted octanol–water partition coefficient (Wildman–Crippen LogP) is -0.383. The molecule has 5 nitrogen and oxygen atoms in total. The molecule has 0 aromatic rings. The van der Waals surface area contributed by atoms with Crippen LogP contribution in [0.25, 0.3) is 0 Å². The Morgan fingerprint density at radius 3 is 3.15 bits per heavy atom. The summed E-state index contributed by atoms with van der Waals surface area (Å²) in [6, 6.07) is 0.200. The second kappa shape index (κ2) is 5.04. The number of rotatable bonds is 3. The van der Waals surface area contributed by atoms with Crippen molar-refractivity contribution in [2.24, 2.45) is 5.73 Å². The normalized spacial score (nSPS) is 23.2. The van der Waals surface area contributed by atoms with Crippen molar-refractivity contribution in [3.63, 3.8) is 0 Å². The van der Waals surface area contributed by atoms with Gasteiger partial charge >= 0.3 is 0 Å². The fourth-order valence-corrected chi connectivity index (χ4v) is 1.47. The molecule has 0 amide bonds. The minimum atomic E-state index is 0.129. The Morgan fingerprint density at radius 1 is 1.77 bits per heavy atom. The lowest BCUT2D eigenvalue weighted by atomic mass is 10.2. The number of nitrogens with two attached hydrogens (primary N) is 1. The predicted molar refractivity (Wildman–Crippen MR) is 49.7 cm³/mol. The molecule has 5 heteroatoms. The lowest BCUT2D eigenvalue weighted by molar-refractivity contribution is 0.0135. The van der Waals surface area contributed by atoms with Gasteiger partial charge in [0.25, 0.3) is 0 Å². The highest BCUT2D eigenvalue weighted by Crippen LogP contribution is 2.09. The summed E-state index contributed by atoms with van der Waals surface area (Å²) >= 11 is 0. The molecule has 13 heavy (non-hydrogen) atoms. The van der Waals surface area contributed by atoms with Crippen LogP contribution in [0.4, 0.5) is 0 Å². The van der Waals surface area contributed by atoms with Gasteiger partial charge in [-0.2, -0.15) is 0 Å². The van der Waals surface area contributed by atoms with Crippen molar-refractivity contribution in [2.45, 2.75) is 12.5 Å². The average Bonchev–Trinajstić information content (AvgIpc) is 2.15. The van der Waals surface area contributed by atoms with Gasteiger partial charge in [-0.3, -0.25) is 5.41 Å². The van der Waals surface area contributed by atoms with Crippen LogP contribution in [0.5, 0.6) is 0 Å². The Balaban J connectivity index is 2.41. The molecule has 0 bridgehead atoms. The second-order valence-corrected chi connectivity index (χ2v) is 3.09. The number of morpholine rings is 1. The van der Waals surface area contributed by atoms with Gasteiger partial charge in [0.05, 0.1) is 19.3 Å². The van der Waals surface area contributed by atoms with Gasteiger partial charge in [0.2, 0.25) is 0 Å². The van der Waals surface area contributed by atoms with Gasteiger partial charge in [-0.1, -0.05) is 0 Å². The van der Waals surface area contributed by atoms with Crippen LogP contribution in [0.15, 0.2) is 0 Å². The first-order chi connectivity index (χ1) is 6.25. The first kappa shape index (κ1) is 10.3. The number of hydrogen-bond donors (Lipinski definition) is 2. The monoisotopic (exact) mass is 187 g/mol. The molecule has 1 aliphatic rings. The minimum Gasteiger partial charge on any atom is -0.385 e. The first-order valence-electron chi connectivity index (χ1n) is 4.43. The molecule has 76 valence electrons. The van der Waals surface area contributed by atoms with Crippen molar-refractivity contribution in [3.05, 3.63) is 0 Å². The average molecular weight is 187 g/mol. The number of hydrogen-bond acceptors (Lipinski definition) is 3. The quantitative estimate of drug-likeness (QED) is 0.466. The third kappa shape index (κ3) is 2.86. The zero-order valence-electron chi connectivity index (χ0n) is 7.95. The lowest BCUT2D eigenvalue weighted by Crippen LogP contribution is -2.51.